The highest BCUT2D eigenvalue weighted by atomic mass is 16.5. The van der Waals surface area contributed by atoms with E-state index < -0.39 is 0 Å². The molecule has 0 aliphatic heterocycles. The van der Waals surface area contributed by atoms with Crippen molar-refractivity contribution in [3.05, 3.63) is 17.0 Å². The van der Waals surface area contributed by atoms with Gasteiger partial charge in [0.1, 0.15) is 5.76 Å². The number of nitrogens with one attached hydrogen (secondary N) is 1. The van der Waals surface area contributed by atoms with Crippen molar-refractivity contribution in [1.82, 2.24) is 15.4 Å². The van der Waals surface area contributed by atoms with E-state index in [0.29, 0.717) is 5.69 Å². The second-order valence-electron chi connectivity index (χ2n) is 6.35. The summed E-state index contributed by atoms with van der Waals surface area (Å²) >= 11 is 0. The van der Waals surface area contributed by atoms with E-state index in [1.165, 1.54) is 0 Å². The Labute approximate surface area is 121 Å². The molecule has 1 heterocycles. The minimum absolute atomic E-state index is 0.0234. The molecule has 20 heavy (non-hydrogen) atoms. The molecule has 0 spiro atoms. The molecule has 0 bridgehead atoms. The average Bonchev–Trinajstić information content (AvgIpc) is 2.68. The second kappa shape index (κ2) is 6.39. The van der Waals surface area contributed by atoms with Gasteiger partial charge >= 0.3 is 0 Å². The largest absolute Gasteiger partial charge is 0.360 e. The summed E-state index contributed by atoms with van der Waals surface area (Å²) in [6.07, 6.45) is 0.744. The third-order valence-electron chi connectivity index (χ3n) is 3.80. The van der Waals surface area contributed by atoms with Gasteiger partial charge < -0.3 is 14.7 Å². The third kappa shape index (κ3) is 3.82. The molecular weight excluding hydrogens is 254 g/mol. The molecule has 1 N–H and O–H groups in total. The maximum Gasteiger partial charge on any atom is 0.273 e. The van der Waals surface area contributed by atoms with Crippen LogP contribution in [0.5, 0.6) is 0 Å². The Hall–Kier alpha value is -1.36. The number of hydrogen-bond donors (Lipinski definition) is 1. The number of hydrogen-bond acceptors (Lipinski definition) is 4. The first-order chi connectivity index (χ1) is 9.19. The van der Waals surface area contributed by atoms with E-state index in [4.69, 9.17) is 4.52 Å². The number of aromatic nitrogens is 1. The molecule has 1 amide bonds. The van der Waals surface area contributed by atoms with Gasteiger partial charge in [-0.3, -0.25) is 4.79 Å². The Kier molecular flexibility index (Phi) is 5.34. The lowest BCUT2D eigenvalue weighted by Gasteiger charge is -2.34. The van der Waals surface area contributed by atoms with Gasteiger partial charge in [-0.05, 0) is 33.4 Å². The Balaban J connectivity index is 2.77. The number of amides is 1. The van der Waals surface area contributed by atoms with Gasteiger partial charge in [0.15, 0.2) is 5.69 Å². The van der Waals surface area contributed by atoms with Crippen LogP contribution in [0.1, 0.15) is 49.5 Å². The van der Waals surface area contributed by atoms with Crippen molar-refractivity contribution >= 4 is 5.91 Å². The topological polar surface area (TPSA) is 58.4 Å². The first kappa shape index (κ1) is 16.7. The SMILES string of the molecule is CCc1onc(C(=O)NC(C)C(C)(C)CN(C)C)c1C. The summed E-state index contributed by atoms with van der Waals surface area (Å²) in [4.78, 5) is 14.4. The lowest BCUT2D eigenvalue weighted by atomic mass is 9.85. The van der Waals surface area contributed by atoms with Crippen LogP contribution in [0.3, 0.4) is 0 Å². The van der Waals surface area contributed by atoms with Crippen LogP contribution in [-0.4, -0.2) is 42.6 Å². The summed E-state index contributed by atoms with van der Waals surface area (Å²) in [5, 5.41) is 6.92. The van der Waals surface area contributed by atoms with Crippen LogP contribution >= 0.6 is 0 Å². The average molecular weight is 281 g/mol. The zero-order valence-corrected chi connectivity index (χ0v) is 13.7. The van der Waals surface area contributed by atoms with Crippen LogP contribution in [-0.2, 0) is 6.42 Å². The van der Waals surface area contributed by atoms with Crippen LogP contribution in [0.15, 0.2) is 4.52 Å². The van der Waals surface area contributed by atoms with Crippen molar-refractivity contribution < 1.29 is 9.32 Å². The van der Waals surface area contributed by atoms with Gasteiger partial charge in [-0.1, -0.05) is 25.9 Å². The molecule has 1 aromatic heterocycles. The molecule has 0 aliphatic carbocycles. The molecule has 1 unspecified atom stereocenters. The quantitative estimate of drug-likeness (QED) is 0.869. The molecule has 114 valence electrons. The molecule has 5 nitrogen and oxygen atoms in total. The fourth-order valence-electron chi connectivity index (χ4n) is 2.32. The van der Waals surface area contributed by atoms with Gasteiger partial charge in [0.25, 0.3) is 5.91 Å². The first-order valence-electron chi connectivity index (χ1n) is 7.09. The van der Waals surface area contributed by atoms with Gasteiger partial charge in [-0.2, -0.15) is 0 Å². The summed E-state index contributed by atoms with van der Waals surface area (Å²) in [5.74, 6) is 0.612. The van der Waals surface area contributed by atoms with Gasteiger partial charge in [0, 0.05) is 24.6 Å². The van der Waals surface area contributed by atoms with Crippen molar-refractivity contribution in [2.24, 2.45) is 5.41 Å². The van der Waals surface area contributed by atoms with Crippen molar-refractivity contribution in [3.8, 4) is 0 Å². The molecular formula is C15H27N3O2. The summed E-state index contributed by atoms with van der Waals surface area (Å²) in [7, 11) is 4.07. The predicted molar refractivity (Wildman–Crippen MR) is 79.9 cm³/mol. The molecule has 0 saturated heterocycles. The van der Waals surface area contributed by atoms with Gasteiger partial charge in [-0.25, -0.2) is 0 Å². The van der Waals surface area contributed by atoms with E-state index in [1.54, 1.807) is 0 Å². The van der Waals surface area contributed by atoms with Crippen molar-refractivity contribution in [2.45, 2.75) is 47.1 Å². The van der Waals surface area contributed by atoms with Gasteiger partial charge in [-0.15, -0.1) is 0 Å². The molecule has 0 aromatic carbocycles. The standard InChI is InChI=1S/C15H27N3O2/c1-8-12-10(2)13(17-20-12)14(19)16-11(3)15(4,5)9-18(6)7/h11H,8-9H2,1-7H3,(H,16,19). The number of carbonyl (C=O) groups excluding carboxylic acids is 1. The second-order valence-corrected chi connectivity index (χ2v) is 6.35. The van der Waals surface area contributed by atoms with Crippen LogP contribution in [0, 0.1) is 12.3 Å². The van der Waals surface area contributed by atoms with Gasteiger partial charge in [0.05, 0.1) is 0 Å². The smallest absolute Gasteiger partial charge is 0.273 e. The summed E-state index contributed by atoms with van der Waals surface area (Å²) < 4.78 is 5.18. The summed E-state index contributed by atoms with van der Waals surface area (Å²) in [6, 6.07) is 0.0403. The molecule has 0 saturated carbocycles. The fraction of sp³-hybridized carbons (Fsp3) is 0.733. The molecule has 0 fully saturated rings. The lowest BCUT2D eigenvalue weighted by molar-refractivity contribution is 0.0876. The highest BCUT2D eigenvalue weighted by molar-refractivity contribution is 5.93. The maximum atomic E-state index is 12.3. The Morgan fingerprint density at radius 3 is 2.50 bits per heavy atom. The summed E-state index contributed by atoms with van der Waals surface area (Å²) in [6.45, 7) is 11.1. The van der Waals surface area contributed by atoms with E-state index >= 15 is 0 Å². The van der Waals surface area contributed by atoms with Crippen LogP contribution in [0.25, 0.3) is 0 Å². The number of rotatable bonds is 6. The van der Waals surface area contributed by atoms with Crippen LogP contribution in [0.2, 0.25) is 0 Å². The van der Waals surface area contributed by atoms with E-state index in [1.807, 2.05) is 34.9 Å². The van der Waals surface area contributed by atoms with Crippen molar-refractivity contribution in [2.75, 3.05) is 20.6 Å². The Bertz CT molecular complexity index is 464. The van der Waals surface area contributed by atoms with Gasteiger partial charge in [0.2, 0.25) is 0 Å². The fourth-order valence-corrected chi connectivity index (χ4v) is 2.32. The minimum Gasteiger partial charge on any atom is -0.360 e. The predicted octanol–water partition coefficient (Wildman–Crippen LogP) is 2.25. The van der Waals surface area contributed by atoms with E-state index in [0.717, 1.165) is 24.3 Å². The molecule has 5 heteroatoms. The summed E-state index contributed by atoms with van der Waals surface area (Å²) in [5.41, 5.74) is 1.21. The van der Waals surface area contributed by atoms with E-state index in [9.17, 15) is 4.79 Å². The number of aryl methyl sites for hydroxylation is 1. The molecule has 1 rings (SSSR count). The van der Waals surface area contributed by atoms with Crippen LogP contribution < -0.4 is 5.32 Å². The zero-order chi connectivity index (χ0) is 15.5. The molecule has 0 radical (unpaired) electrons. The van der Waals surface area contributed by atoms with Crippen molar-refractivity contribution in [3.63, 3.8) is 0 Å². The number of nitrogens with zero attached hydrogens (tertiary/aromatic N) is 2. The van der Waals surface area contributed by atoms with E-state index in [-0.39, 0.29) is 17.4 Å². The Morgan fingerprint density at radius 2 is 2.05 bits per heavy atom. The van der Waals surface area contributed by atoms with Crippen LogP contribution in [0.4, 0.5) is 0 Å². The lowest BCUT2D eigenvalue weighted by Crippen LogP contribution is -2.47. The molecule has 0 aliphatic rings. The van der Waals surface area contributed by atoms with Crippen molar-refractivity contribution in [1.29, 1.82) is 0 Å². The maximum absolute atomic E-state index is 12.3. The number of carbonyl (C=O) groups is 1. The van der Waals surface area contributed by atoms with E-state index in [2.05, 4.69) is 29.2 Å². The normalized spacial score (nSPS) is 13.6. The highest BCUT2D eigenvalue weighted by Crippen LogP contribution is 2.22. The zero-order valence-electron chi connectivity index (χ0n) is 13.7. The minimum atomic E-state index is -0.162. The Morgan fingerprint density at radius 1 is 1.45 bits per heavy atom. The third-order valence-corrected chi connectivity index (χ3v) is 3.80. The highest BCUT2D eigenvalue weighted by Gasteiger charge is 2.29. The first-order valence-corrected chi connectivity index (χ1v) is 7.09. The molecule has 1 atom stereocenters. The molecule has 1 aromatic rings. The monoisotopic (exact) mass is 281 g/mol.